The van der Waals surface area contributed by atoms with Gasteiger partial charge in [0.25, 0.3) is 11.8 Å². The first-order valence-electron chi connectivity index (χ1n) is 10.9. The van der Waals surface area contributed by atoms with Crippen molar-refractivity contribution in [2.75, 3.05) is 13.9 Å². The summed E-state index contributed by atoms with van der Waals surface area (Å²) in [7, 11) is 1.46. The maximum atomic E-state index is 13.6. The first kappa shape index (κ1) is 22.5. The summed E-state index contributed by atoms with van der Waals surface area (Å²) in [6.07, 6.45) is 1.58. The van der Waals surface area contributed by atoms with Crippen LogP contribution in [0.5, 0.6) is 11.5 Å². The number of carbonyl (C=O) groups excluding carboxylic acids is 2. The molecular weight excluding hydrogens is 451 g/mol. The number of carbonyl (C=O) groups is 2. The second-order valence-electron chi connectivity index (χ2n) is 7.96. The van der Waals surface area contributed by atoms with Crippen LogP contribution in [0.1, 0.15) is 31.8 Å². The highest BCUT2D eigenvalue weighted by Crippen LogP contribution is 2.44. The van der Waals surface area contributed by atoms with Crippen molar-refractivity contribution in [3.63, 3.8) is 0 Å². The minimum absolute atomic E-state index is 0.0295. The average Bonchev–Trinajstić information content (AvgIpc) is 3.13. The Morgan fingerprint density at radius 3 is 2.26 bits per heavy atom. The van der Waals surface area contributed by atoms with Gasteiger partial charge in [-0.25, -0.2) is 4.39 Å². The summed E-state index contributed by atoms with van der Waals surface area (Å²) in [6.45, 7) is 0.0228. The summed E-state index contributed by atoms with van der Waals surface area (Å²) < 4.78 is 30.4. The van der Waals surface area contributed by atoms with Crippen molar-refractivity contribution in [3.8, 4) is 11.5 Å². The minimum Gasteiger partial charge on any atom is -0.487 e. The number of hydrogen-bond acceptors (Lipinski definition) is 6. The van der Waals surface area contributed by atoms with Gasteiger partial charge in [-0.15, -0.1) is 0 Å². The lowest BCUT2D eigenvalue weighted by Gasteiger charge is -2.16. The summed E-state index contributed by atoms with van der Waals surface area (Å²) in [6, 6.07) is 18.6. The summed E-state index contributed by atoms with van der Waals surface area (Å²) in [5.74, 6) is -1.05. The van der Waals surface area contributed by atoms with Crippen molar-refractivity contribution in [2.24, 2.45) is 0 Å². The molecule has 0 saturated carbocycles. The van der Waals surface area contributed by atoms with Gasteiger partial charge in [0.2, 0.25) is 0 Å². The number of benzene rings is 3. The van der Waals surface area contributed by atoms with Crippen molar-refractivity contribution in [2.45, 2.75) is 13.2 Å². The Labute approximate surface area is 200 Å². The molecule has 0 fully saturated rings. The number of rotatable bonds is 8. The van der Waals surface area contributed by atoms with Gasteiger partial charge in [-0.05, 0) is 35.4 Å². The fraction of sp³-hybridized carbons (Fsp3) is 0.148. The summed E-state index contributed by atoms with van der Waals surface area (Å²) >= 11 is 0. The number of pyridine rings is 1. The van der Waals surface area contributed by atoms with Crippen LogP contribution in [0.25, 0.3) is 10.9 Å². The fourth-order valence-corrected chi connectivity index (χ4v) is 4.07. The monoisotopic (exact) mass is 472 g/mol. The lowest BCUT2D eigenvalue weighted by Crippen LogP contribution is -2.29. The maximum absolute atomic E-state index is 13.6. The molecule has 1 aliphatic rings. The minimum atomic E-state index is -0.544. The van der Waals surface area contributed by atoms with Crippen LogP contribution in [0.3, 0.4) is 0 Å². The third-order valence-corrected chi connectivity index (χ3v) is 5.69. The zero-order valence-electron chi connectivity index (χ0n) is 18.9. The number of fused-ring (bicyclic) bond motifs is 2. The fourth-order valence-electron chi connectivity index (χ4n) is 4.07. The molecule has 2 heterocycles. The largest absolute Gasteiger partial charge is 0.487 e. The van der Waals surface area contributed by atoms with E-state index in [9.17, 15) is 14.0 Å². The van der Waals surface area contributed by atoms with Gasteiger partial charge < -0.3 is 14.2 Å². The molecule has 5 rings (SSSR count). The Kier molecular flexibility index (Phi) is 6.12. The molecule has 0 unspecified atom stereocenters. The Bertz CT molecular complexity index is 1410. The number of hydrogen-bond donors (Lipinski definition) is 0. The van der Waals surface area contributed by atoms with E-state index in [0.29, 0.717) is 16.5 Å². The molecule has 0 aliphatic carbocycles. The molecule has 0 spiro atoms. The molecule has 0 bridgehead atoms. The predicted molar refractivity (Wildman–Crippen MR) is 126 cm³/mol. The van der Waals surface area contributed by atoms with Gasteiger partial charge in [-0.1, -0.05) is 42.5 Å². The van der Waals surface area contributed by atoms with Crippen molar-refractivity contribution in [3.05, 3.63) is 101 Å². The molecule has 1 aromatic heterocycles. The van der Waals surface area contributed by atoms with Gasteiger partial charge in [0.05, 0.1) is 12.1 Å². The van der Waals surface area contributed by atoms with E-state index in [-0.39, 0.29) is 42.6 Å². The smallest absolute Gasteiger partial charge is 0.265 e. The molecule has 8 heteroatoms. The zero-order valence-corrected chi connectivity index (χ0v) is 18.9. The first-order valence-corrected chi connectivity index (χ1v) is 10.9. The van der Waals surface area contributed by atoms with Gasteiger partial charge >= 0.3 is 0 Å². The third kappa shape index (κ3) is 4.20. The maximum Gasteiger partial charge on any atom is 0.265 e. The van der Waals surface area contributed by atoms with Crippen LogP contribution in [0.4, 0.5) is 4.39 Å². The van der Waals surface area contributed by atoms with Crippen molar-refractivity contribution in [1.82, 2.24) is 9.88 Å². The van der Waals surface area contributed by atoms with Crippen LogP contribution >= 0.6 is 0 Å². The van der Waals surface area contributed by atoms with Gasteiger partial charge in [-0.3, -0.25) is 19.5 Å². The molecule has 1 aliphatic heterocycles. The number of imide groups is 1. The number of aromatic nitrogens is 1. The van der Waals surface area contributed by atoms with Gasteiger partial charge in [0, 0.05) is 18.7 Å². The average molecular weight is 472 g/mol. The molecule has 0 atom stereocenters. The Morgan fingerprint density at radius 2 is 1.54 bits per heavy atom. The summed E-state index contributed by atoms with van der Waals surface area (Å²) in [4.78, 5) is 32.7. The van der Waals surface area contributed by atoms with Crippen molar-refractivity contribution < 1.29 is 28.2 Å². The van der Waals surface area contributed by atoms with E-state index >= 15 is 0 Å². The highest BCUT2D eigenvalue weighted by atomic mass is 19.1. The van der Waals surface area contributed by atoms with E-state index in [1.165, 1.54) is 31.4 Å². The lowest BCUT2D eigenvalue weighted by molar-refractivity contribution is 0.0505. The SMILES string of the molecule is COCOc1c2c(c(OCc3ccccc3)c3cccnc13)C(=O)N(Cc1ccc(F)cc1)C2=O. The van der Waals surface area contributed by atoms with Gasteiger partial charge in [-0.2, -0.15) is 0 Å². The zero-order chi connectivity index (χ0) is 24.4. The molecule has 3 aromatic carbocycles. The number of nitrogens with zero attached hydrogens (tertiary/aromatic N) is 2. The van der Waals surface area contributed by atoms with Crippen LogP contribution in [0.15, 0.2) is 72.9 Å². The van der Waals surface area contributed by atoms with E-state index in [4.69, 9.17) is 14.2 Å². The lowest BCUT2D eigenvalue weighted by atomic mass is 10.0. The highest BCUT2D eigenvalue weighted by Gasteiger charge is 2.43. The Balaban J connectivity index is 1.64. The predicted octanol–water partition coefficient (Wildman–Crippen LogP) is 4.73. The molecule has 0 N–H and O–H groups in total. The standard InChI is InChI=1S/C27H21FN2O5/c1-33-16-35-25-22-21(26(31)30(27(22)32)14-17-9-11-19(28)12-10-17)24(20-8-5-13-29-23(20)25)34-15-18-6-3-2-4-7-18/h2-13H,14-16H2,1H3. The third-order valence-electron chi connectivity index (χ3n) is 5.69. The number of ether oxygens (including phenoxy) is 3. The Morgan fingerprint density at radius 1 is 0.829 bits per heavy atom. The highest BCUT2D eigenvalue weighted by molar-refractivity contribution is 6.26. The molecule has 35 heavy (non-hydrogen) atoms. The van der Waals surface area contributed by atoms with Crippen molar-refractivity contribution in [1.29, 1.82) is 0 Å². The van der Waals surface area contributed by atoms with E-state index in [1.807, 2.05) is 30.3 Å². The number of amides is 2. The number of halogens is 1. The van der Waals surface area contributed by atoms with E-state index in [2.05, 4.69) is 4.98 Å². The van der Waals surface area contributed by atoms with Crippen molar-refractivity contribution >= 4 is 22.7 Å². The second kappa shape index (κ2) is 9.52. The first-order chi connectivity index (χ1) is 17.1. The quantitative estimate of drug-likeness (QED) is 0.273. The van der Waals surface area contributed by atoms with E-state index in [1.54, 1.807) is 18.3 Å². The Hall–Kier alpha value is -4.30. The topological polar surface area (TPSA) is 78.0 Å². The second-order valence-corrected chi connectivity index (χ2v) is 7.96. The summed E-state index contributed by atoms with van der Waals surface area (Å²) in [5.41, 5.74) is 2.08. The summed E-state index contributed by atoms with van der Waals surface area (Å²) in [5, 5.41) is 0.540. The van der Waals surface area contributed by atoms with Crippen LogP contribution in [-0.2, 0) is 17.9 Å². The van der Waals surface area contributed by atoms with Crippen LogP contribution in [0, 0.1) is 5.82 Å². The van der Waals surface area contributed by atoms with E-state index in [0.717, 1.165) is 10.5 Å². The molecular formula is C27H21FN2O5. The molecule has 0 saturated heterocycles. The normalized spacial score (nSPS) is 12.8. The molecule has 176 valence electrons. The van der Waals surface area contributed by atoms with Crippen LogP contribution in [-0.4, -0.2) is 35.6 Å². The van der Waals surface area contributed by atoms with Crippen LogP contribution in [0.2, 0.25) is 0 Å². The van der Waals surface area contributed by atoms with E-state index < -0.39 is 17.6 Å². The molecule has 0 radical (unpaired) electrons. The number of methoxy groups -OCH3 is 1. The van der Waals surface area contributed by atoms with Crippen LogP contribution < -0.4 is 9.47 Å². The molecule has 4 aromatic rings. The van der Waals surface area contributed by atoms with Gasteiger partial charge in [0.15, 0.2) is 12.5 Å². The van der Waals surface area contributed by atoms with Gasteiger partial charge in [0.1, 0.15) is 29.3 Å². The molecule has 2 amide bonds. The molecule has 7 nitrogen and oxygen atoms in total.